The van der Waals surface area contributed by atoms with Crippen molar-refractivity contribution in [1.29, 1.82) is 0 Å². The number of rotatable bonds is 4. The van der Waals surface area contributed by atoms with Crippen molar-refractivity contribution in [1.82, 2.24) is 0 Å². The van der Waals surface area contributed by atoms with E-state index in [1.54, 1.807) is 0 Å². The summed E-state index contributed by atoms with van der Waals surface area (Å²) < 4.78 is 0. The van der Waals surface area contributed by atoms with E-state index in [0.717, 1.165) is 0 Å². The van der Waals surface area contributed by atoms with Crippen molar-refractivity contribution in [2.24, 2.45) is 0 Å². The minimum Gasteiger partial charge on any atom is -0.481 e. The predicted molar refractivity (Wildman–Crippen MR) is 55.1 cm³/mol. The van der Waals surface area contributed by atoms with Gasteiger partial charge in [0.25, 0.3) is 0 Å². The molecule has 0 amide bonds. The Bertz CT molecular complexity index is 139. The quantitative estimate of drug-likeness (QED) is 0.496. The van der Waals surface area contributed by atoms with Crippen LogP contribution >= 0.6 is 34.2 Å². The Labute approximate surface area is 83.9 Å². The molecule has 72 valence electrons. The molecule has 0 saturated heterocycles. The molecule has 0 aliphatic carbocycles. The highest BCUT2D eigenvalue weighted by molar-refractivity contribution is 8.76. The molecule has 0 unspecified atom stereocenters. The van der Waals surface area contributed by atoms with Crippen LogP contribution in [0.3, 0.4) is 0 Å². The summed E-state index contributed by atoms with van der Waals surface area (Å²) in [6.07, 6.45) is 1.85. The molecule has 0 aromatic heterocycles. The Morgan fingerprint density at radius 1 is 1.33 bits per heavy atom. The number of carboxylic acids is 2. The smallest absolute Gasteiger partial charge is 0.314 e. The van der Waals surface area contributed by atoms with Crippen LogP contribution in [0.5, 0.6) is 0 Å². The van der Waals surface area contributed by atoms with Crippen LogP contribution in [-0.4, -0.2) is 39.9 Å². The fourth-order valence-electron chi connectivity index (χ4n) is 0.109. The first-order valence-corrected chi connectivity index (χ1v) is 6.10. The van der Waals surface area contributed by atoms with Crippen LogP contribution in [0.4, 0.5) is 0 Å². The normalized spacial score (nSPS) is 8.17. The summed E-state index contributed by atoms with van der Waals surface area (Å²) in [6, 6.07) is 0. The van der Waals surface area contributed by atoms with Crippen molar-refractivity contribution in [3.8, 4) is 0 Å². The summed E-state index contributed by atoms with van der Waals surface area (Å²) in [6.45, 7) is 0. The van der Waals surface area contributed by atoms with Crippen molar-refractivity contribution >= 4 is 46.2 Å². The molecule has 4 nitrogen and oxygen atoms in total. The van der Waals surface area contributed by atoms with Gasteiger partial charge in [-0.3, -0.25) is 9.59 Å². The first-order valence-electron chi connectivity index (χ1n) is 2.74. The highest BCUT2D eigenvalue weighted by Crippen LogP contribution is 2.15. The van der Waals surface area contributed by atoms with Gasteiger partial charge >= 0.3 is 11.9 Å². The van der Waals surface area contributed by atoms with E-state index in [1.165, 1.54) is 21.6 Å². The van der Waals surface area contributed by atoms with E-state index in [4.69, 9.17) is 10.2 Å². The maximum absolute atomic E-state index is 9.72. The van der Waals surface area contributed by atoms with Gasteiger partial charge in [0.15, 0.2) is 0 Å². The van der Waals surface area contributed by atoms with E-state index < -0.39 is 11.9 Å². The molecule has 0 spiro atoms. The molecule has 0 bridgehead atoms. The zero-order valence-corrected chi connectivity index (χ0v) is 8.92. The van der Waals surface area contributed by atoms with Gasteiger partial charge < -0.3 is 10.2 Å². The van der Waals surface area contributed by atoms with Crippen LogP contribution in [0.15, 0.2) is 0 Å². The lowest BCUT2D eigenvalue weighted by atomic mass is 10.8. The van der Waals surface area contributed by atoms with Crippen LogP contribution in [0.1, 0.15) is 0 Å². The SMILES string of the molecule is CSSCC(=O)O.O=C(O)CS. The maximum Gasteiger partial charge on any atom is 0.314 e. The molecule has 0 aromatic rings. The fourth-order valence-corrected chi connectivity index (χ4v) is 0.984. The molecule has 0 saturated carbocycles. The van der Waals surface area contributed by atoms with Gasteiger partial charge in [-0.1, -0.05) is 21.6 Å². The van der Waals surface area contributed by atoms with Gasteiger partial charge in [0.1, 0.15) is 5.75 Å². The predicted octanol–water partition coefficient (Wildman–Crippen LogP) is 1.08. The van der Waals surface area contributed by atoms with Crippen molar-refractivity contribution in [3.05, 3.63) is 0 Å². The second-order valence-corrected chi connectivity index (χ2v) is 4.26. The molecule has 0 aliphatic heterocycles. The zero-order chi connectivity index (χ0) is 9.98. The van der Waals surface area contributed by atoms with E-state index in [0.29, 0.717) is 0 Å². The Hall–Kier alpha value is -0.0100. The third-order valence-electron chi connectivity index (χ3n) is 0.436. The maximum atomic E-state index is 9.72. The van der Waals surface area contributed by atoms with Crippen molar-refractivity contribution in [3.63, 3.8) is 0 Å². The lowest BCUT2D eigenvalue weighted by Crippen LogP contribution is -1.95. The van der Waals surface area contributed by atoms with Gasteiger partial charge in [-0.2, -0.15) is 12.6 Å². The number of thiol groups is 1. The van der Waals surface area contributed by atoms with Crippen molar-refractivity contribution < 1.29 is 19.8 Å². The largest absolute Gasteiger partial charge is 0.481 e. The minimum absolute atomic E-state index is 0.0833. The van der Waals surface area contributed by atoms with Gasteiger partial charge in [0.2, 0.25) is 0 Å². The molecule has 0 rings (SSSR count). The van der Waals surface area contributed by atoms with Crippen LogP contribution in [0.25, 0.3) is 0 Å². The first kappa shape index (κ1) is 14.5. The van der Waals surface area contributed by atoms with Gasteiger partial charge in [-0.15, -0.1) is 0 Å². The summed E-state index contributed by atoms with van der Waals surface area (Å²) >= 11 is 3.42. The molecule has 7 heteroatoms. The average molecular weight is 230 g/mol. The fraction of sp³-hybridized carbons (Fsp3) is 0.600. The third-order valence-corrected chi connectivity index (χ3v) is 2.37. The van der Waals surface area contributed by atoms with Crippen LogP contribution in [0.2, 0.25) is 0 Å². The molecule has 0 aromatic carbocycles. The van der Waals surface area contributed by atoms with E-state index in [2.05, 4.69) is 12.6 Å². The molecule has 12 heavy (non-hydrogen) atoms. The Balaban J connectivity index is 0. The van der Waals surface area contributed by atoms with E-state index in [1.807, 2.05) is 6.26 Å². The Morgan fingerprint density at radius 3 is 1.83 bits per heavy atom. The Kier molecular flexibility index (Phi) is 13.3. The number of hydrogen-bond donors (Lipinski definition) is 3. The van der Waals surface area contributed by atoms with E-state index in [9.17, 15) is 9.59 Å². The highest BCUT2D eigenvalue weighted by atomic mass is 33.1. The molecule has 0 heterocycles. The monoisotopic (exact) mass is 230 g/mol. The van der Waals surface area contributed by atoms with Crippen molar-refractivity contribution in [2.45, 2.75) is 0 Å². The second-order valence-electron chi connectivity index (χ2n) is 1.37. The van der Waals surface area contributed by atoms with Gasteiger partial charge in [-0.05, 0) is 6.26 Å². The summed E-state index contributed by atoms with van der Waals surface area (Å²) in [5.74, 6) is -1.52. The number of carbonyl (C=O) groups is 2. The molecule has 0 fully saturated rings. The highest BCUT2D eigenvalue weighted by Gasteiger charge is 1.91. The molecular formula is C5H10O4S3. The van der Waals surface area contributed by atoms with Gasteiger partial charge in [0.05, 0.1) is 5.75 Å². The molecule has 2 N–H and O–H groups in total. The lowest BCUT2D eigenvalue weighted by molar-refractivity contribution is -0.134. The molecule has 0 atom stereocenters. The molecule has 0 aliphatic rings. The van der Waals surface area contributed by atoms with Crippen molar-refractivity contribution in [2.75, 3.05) is 17.8 Å². The minimum atomic E-state index is -0.881. The standard InChI is InChI=1S/C3H6O2S2.C2H4O2S/c1-6-7-2-3(4)5;3-2(4)1-5/h2H2,1H3,(H,4,5);5H,1H2,(H,3,4). The summed E-state index contributed by atoms with van der Waals surface area (Å²) in [7, 11) is 2.80. The molecule has 0 radical (unpaired) electrons. The summed E-state index contributed by atoms with van der Waals surface area (Å²) in [4.78, 5) is 19.0. The van der Waals surface area contributed by atoms with E-state index >= 15 is 0 Å². The van der Waals surface area contributed by atoms with Crippen LogP contribution in [0, 0.1) is 0 Å². The average Bonchev–Trinajstić information content (AvgIpc) is 2.02. The second kappa shape index (κ2) is 11.0. The van der Waals surface area contributed by atoms with Crippen LogP contribution in [-0.2, 0) is 9.59 Å². The molecular weight excluding hydrogens is 220 g/mol. The number of hydrogen-bond acceptors (Lipinski definition) is 5. The van der Waals surface area contributed by atoms with Crippen LogP contribution < -0.4 is 0 Å². The summed E-state index contributed by atoms with van der Waals surface area (Å²) in [5.41, 5.74) is 0. The number of carboxylic acid groups (broad SMARTS) is 2. The topological polar surface area (TPSA) is 74.6 Å². The third kappa shape index (κ3) is 22.5. The Morgan fingerprint density at radius 2 is 1.75 bits per heavy atom. The van der Waals surface area contributed by atoms with E-state index in [-0.39, 0.29) is 11.5 Å². The number of aliphatic carboxylic acids is 2. The lowest BCUT2D eigenvalue weighted by Gasteiger charge is -1.85. The van der Waals surface area contributed by atoms with Gasteiger partial charge in [-0.25, -0.2) is 0 Å². The zero-order valence-electron chi connectivity index (χ0n) is 6.39. The summed E-state index contributed by atoms with van der Waals surface area (Å²) in [5, 5.41) is 15.7. The first-order chi connectivity index (χ1) is 5.54. The van der Waals surface area contributed by atoms with Gasteiger partial charge in [0, 0.05) is 0 Å².